The summed E-state index contributed by atoms with van der Waals surface area (Å²) in [5, 5.41) is 1.54. The van der Waals surface area contributed by atoms with Crippen LogP contribution in [0.1, 0.15) is 19.8 Å². The van der Waals surface area contributed by atoms with Crippen molar-refractivity contribution in [3.05, 3.63) is 28.8 Å². The Morgan fingerprint density at radius 1 is 1.29 bits per heavy atom. The molecule has 21 heavy (non-hydrogen) atoms. The highest BCUT2D eigenvalue weighted by Crippen LogP contribution is 2.33. The number of carbonyl (C=O) groups is 3. The Morgan fingerprint density at radius 3 is 2.52 bits per heavy atom. The maximum atomic E-state index is 13.9. The van der Waals surface area contributed by atoms with Gasteiger partial charge < -0.3 is 0 Å². The van der Waals surface area contributed by atoms with Crippen LogP contribution in [0.3, 0.4) is 0 Å². The van der Waals surface area contributed by atoms with E-state index in [-0.39, 0.29) is 6.42 Å². The Labute approximate surface area is 123 Å². The third-order valence-electron chi connectivity index (χ3n) is 3.05. The predicted molar refractivity (Wildman–Crippen MR) is 70.8 cm³/mol. The number of hydrogen-bond acceptors (Lipinski definition) is 3. The van der Waals surface area contributed by atoms with E-state index in [4.69, 9.17) is 11.6 Å². The van der Waals surface area contributed by atoms with E-state index < -0.39 is 46.1 Å². The lowest BCUT2D eigenvalue weighted by molar-refractivity contribution is -0.134. The molecule has 0 aliphatic carbocycles. The molecular formula is C13H11ClF2N2O3. The van der Waals surface area contributed by atoms with Gasteiger partial charge in [0.15, 0.2) is 5.82 Å². The van der Waals surface area contributed by atoms with E-state index in [9.17, 15) is 23.2 Å². The second-order valence-corrected chi connectivity index (χ2v) is 4.93. The van der Waals surface area contributed by atoms with Crippen LogP contribution in [0.15, 0.2) is 12.1 Å². The van der Waals surface area contributed by atoms with Crippen molar-refractivity contribution in [1.29, 1.82) is 0 Å². The van der Waals surface area contributed by atoms with Crippen LogP contribution in [-0.2, 0) is 9.59 Å². The van der Waals surface area contributed by atoms with Crippen LogP contribution < -0.4 is 10.2 Å². The summed E-state index contributed by atoms with van der Waals surface area (Å²) in [5.74, 6) is -4.81. The molecule has 1 heterocycles. The molecule has 1 aliphatic rings. The summed E-state index contributed by atoms with van der Waals surface area (Å²) >= 11 is 5.72. The number of benzene rings is 1. The summed E-state index contributed by atoms with van der Waals surface area (Å²) in [6, 6.07) is 0.184. The SMILES string of the molecule is CCCC1C(=O)NC(=O)N(c2c(F)cc(F)cc2Cl)C1=O. The van der Waals surface area contributed by atoms with Gasteiger partial charge in [-0.05, 0) is 12.5 Å². The van der Waals surface area contributed by atoms with Crippen molar-refractivity contribution in [3.63, 3.8) is 0 Å². The van der Waals surface area contributed by atoms with Crippen LogP contribution >= 0.6 is 11.6 Å². The number of anilines is 1. The quantitative estimate of drug-likeness (QED) is 0.872. The maximum absolute atomic E-state index is 13.9. The molecule has 5 nitrogen and oxygen atoms in total. The minimum Gasteiger partial charge on any atom is -0.277 e. The van der Waals surface area contributed by atoms with Crippen molar-refractivity contribution in [2.45, 2.75) is 19.8 Å². The van der Waals surface area contributed by atoms with E-state index in [0.29, 0.717) is 17.4 Å². The standard InChI is InChI=1S/C13H11ClF2N2O3/c1-2-3-7-11(19)17-13(21)18(12(7)20)10-8(14)4-6(15)5-9(10)16/h4-5,7H,2-3H2,1H3,(H,17,19,21). The van der Waals surface area contributed by atoms with Gasteiger partial charge in [-0.1, -0.05) is 24.9 Å². The highest BCUT2D eigenvalue weighted by atomic mass is 35.5. The first-order chi connectivity index (χ1) is 9.86. The lowest BCUT2D eigenvalue weighted by atomic mass is 9.99. The third-order valence-corrected chi connectivity index (χ3v) is 3.34. The molecule has 0 radical (unpaired) electrons. The van der Waals surface area contributed by atoms with Gasteiger partial charge in [0, 0.05) is 6.07 Å². The molecule has 0 bridgehead atoms. The van der Waals surface area contributed by atoms with Crippen molar-refractivity contribution in [2.24, 2.45) is 5.92 Å². The van der Waals surface area contributed by atoms with Gasteiger partial charge >= 0.3 is 6.03 Å². The van der Waals surface area contributed by atoms with Gasteiger partial charge in [-0.2, -0.15) is 0 Å². The smallest absolute Gasteiger partial charge is 0.277 e. The number of imide groups is 2. The highest BCUT2D eigenvalue weighted by Gasteiger charge is 2.42. The monoisotopic (exact) mass is 316 g/mol. The number of hydrogen-bond donors (Lipinski definition) is 1. The molecule has 0 saturated carbocycles. The van der Waals surface area contributed by atoms with Gasteiger partial charge in [-0.25, -0.2) is 18.5 Å². The lowest BCUT2D eigenvalue weighted by Gasteiger charge is -2.30. The van der Waals surface area contributed by atoms with Crippen LogP contribution in [0.2, 0.25) is 5.02 Å². The largest absolute Gasteiger partial charge is 0.335 e. The highest BCUT2D eigenvalue weighted by molar-refractivity contribution is 6.36. The van der Waals surface area contributed by atoms with E-state index >= 15 is 0 Å². The molecule has 1 fully saturated rings. The number of carbonyl (C=O) groups excluding carboxylic acids is 3. The molecule has 1 atom stereocenters. The molecular weight excluding hydrogens is 306 g/mol. The molecule has 1 aromatic rings. The molecule has 1 aromatic carbocycles. The summed E-state index contributed by atoms with van der Waals surface area (Å²) in [6.45, 7) is 1.76. The van der Waals surface area contributed by atoms with E-state index in [2.05, 4.69) is 0 Å². The molecule has 4 amide bonds. The lowest BCUT2D eigenvalue weighted by Crippen LogP contribution is -2.58. The minimum absolute atomic E-state index is 0.203. The van der Waals surface area contributed by atoms with E-state index in [1.165, 1.54) is 0 Å². The van der Waals surface area contributed by atoms with Crippen molar-refractivity contribution in [2.75, 3.05) is 4.90 Å². The molecule has 112 valence electrons. The number of halogens is 3. The predicted octanol–water partition coefficient (Wildman–Crippen LogP) is 2.62. The van der Waals surface area contributed by atoms with Crippen molar-refractivity contribution in [1.82, 2.24) is 5.32 Å². The van der Waals surface area contributed by atoms with Crippen LogP contribution in [0.4, 0.5) is 19.3 Å². The Balaban J connectivity index is 2.49. The van der Waals surface area contributed by atoms with Gasteiger partial charge in [0.1, 0.15) is 17.4 Å². The summed E-state index contributed by atoms with van der Waals surface area (Å²) in [6.07, 6.45) is 0.723. The van der Waals surface area contributed by atoms with Crippen molar-refractivity contribution >= 4 is 35.1 Å². The summed E-state index contributed by atoms with van der Waals surface area (Å²) in [5.41, 5.74) is -0.561. The first-order valence-electron chi connectivity index (χ1n) is 6.20. The van der Waals surface area contributed by atoms with E-state index in [1.54, 1.807) is 6.92 Å². The molecule has 0 spiro atoms. The normalized spacial score (nSPS) is 19.0. The number of urea groups is 1. The molecule has 1 aliphatic heterocycles. The third kappa shape index (κ3) is 2.73. The van der Waals surface area contributed by atoms with E-state index in [0.717, 1.165) is 6.07 Å². The molecule has 8 heteroatoms. The number of nitrogens with one attached hydrogen (secondary N) is 1. The van der Waals surface area contributed by atoms with Crippen LogP contribution in [-0.4, -0.2) is 17.8 Å². The Morgan fingerprint density at radius 2 is 1.95 bits per heavy atom. The second kappa shape index (κ2) is 5.77. The van der Waals surface area contributed by atoms with Gasteiger partial charge in [-0.3, -0.25) is 14.9 Å². The Bertz CT molecular complexity index is 613. The Hall–Kier alpha value is -2.02. The molecule has 1 saturated heterocycles. The molecule has 1 unspecified atom stereocenters. The number of rotatable bonds is 3. The zero-order valence-corrected chi connectivity index (χ0v) is 11.7. The van der Waals surface area contributed by atoms with E-state index in [1.807, 2.05) is 5.32 Å². The second-order valence-electron chi connectivity index (χ2n) is 4.53. The number of barbiturate groups is 1. The fourth-order valence-electron chi connectivity index (χ4n) is 2.12. The average Bonchev–Trinajstić information content (AvgIpc) is 2.37. The van der Waals surface area contributed by atoms with Crippen molar-refractivity contribution < 1.29 is 23.2 Å². The maximum Gasteiger partial charge on any atom is 0.335 e. The zero-order chi connectivity index (χ0) is 15.7. The first-order valence-corrected chi connectivity index (χ1v) is 6.58. The summed E-state index contributed by atoms with van der Waals surface area (Å²) in [4.78, 5) is 36.1. The average molecular weight is 317 g/mol. The van der Waals surface area contributed by atoms with Crippen molar-refractivity contribution in [3.8, 4) is 0 Å². The zero-order valence-electron chi connectivity index (χ0n) is 11.0. The van der Waals surface area contributed by atoms with Gasteiger partial charge in [0.2, 0.25) is 11.8 Å². The van der Waals surface area contributed by atoms with Crippen LogP contribution in [0, 0.1) is 17.6 Å². The molecule has 2 rings (SSSR count). The topological polar surface area (TPSA) is 66.5 Å². The summed E-state index contributed by atoms with van der Waals surface area (Å²) in [7, 11) is 0. The molecule has 1 N–H and O–H groups in total. The van der Waals surface area contributed by atoms with Crippen LogP contribution in [0.5, 0.6) is 0 Å². The first kappa shape index (κ1) is 15.4. The fraction of sp³-hybridized carbons (Fsp3) is 0.308. The number of amides is 4. The molecule has 0 aromatic heterocycles. The van der Waals surface area contributed by atoms with Gasteiger partial charge in [-0.15, -0.1) is 0 Å². The Kier molecular flexibility index (Phi) is 4.22. The van der Waals surface area contributed by atoms with Gasteiger partial charge in [0.05, 0.1) is 5.02 Å². The fourth-order valence-corrected chi connectivity index (χ4v) is 2.40. The minimum atomic E-state index is -1.16. The summed E-state index contributed by atoms with van der Waals surface area (Å²) < 4.78 is 26.9. The van der Waals surface area contributed by atoms with Gasteiger partial charge in [0.25, 0.3) is 0 Å². The number of nitrogens with zero attached hydrogens (tertiary/aromatic N) is 1. The van der Waals surface area contributed by atoms with Crippen LogP contribution in [0.25, 0.3) is 0 Å².